The third-order valence-corrected chi connectivity index (χ3v) is 4.68. The van der Waals surface area contributed by atoms with Crippen LogP contribution in [0.15, 0.2) is 30.0 Å². The minimum absolute atomic E-state index is 0.00148. The number of hydrogen-bond donors (Lipinski definition) is 3. The Kier molecular flexibility index (Phi) is 3.99. The standard InChI is InChI=1S/C15H15IN2O3/c16-9-1-2-12-10(5-9)13(11(7-18-12)15(20)21)14(19)8-3-4-17-6-8/h1-2,5,7-8,13,17-18H,3-4,6H2,(H,20,21). The Balaban J connectivity index is 2.05. The van der Waals surface area contributed by atoms with Gasteiger partial charge in [0.05, 0.1) is 11.5 Å². The fourth-order valence-electron chi connectivity index (χ4n) is 2.94. The molecule has 0 aliphatic carbocycles. The van der Waals surface area contributed by atoms with Crippen LogP contribution in [0.4, 0.5) is 5.69 Å². The van der Waals surface area contributed by atoms with Crippen LogP contribution < -0.4 is 10.6 Å². The second-order valence-electron chi connectivity index (χ2n) is 5.31. The number of carboxylic acids is 1. The first kappa shape index (κ1) is 14.5. The number of hydrogen-bond acceptors (Lipinski definition) is 4. The van der Waals surface area contributed by atoms with Crippen molar-refractivity contribution in [1.82, 2.24) is 5.32 Å². The van der Waals surface area contributed by atoms with Crippen molar-refractivity contribution in [2.45, 2.75) is 12.3 Å². The summed E-state index contributed by atoms with van der Waals surface area (Å²) < 4.78 is 0.988. The summed E-state index contributed by atoms with van der Waals surface area (Å²) in [6, 6.07) is 5.72. The number of carbonyl (C=O) groups is 2. The molecular formula is C15H15IN2O3. The molecule has 21 heavy (non-hydrogen) atoms. The highest BCUT2D eigenvalue weighted by Gasteiger charge is 2.38. The summed E-state index contributed by atoms with van der Waals surface area (Å²) in [6.07, 6.45) is 2.22. The normalized spacial score (nSPS) is 24.0. The van der Waals surface area contributed by atoms with Gasteiger partial charge < -0.3 is 15.7 Å². The van der Waals surface area contributed by atoms with Crippen molar-refractivity contribution in [3.05, 3.63) is 39.1 Å². The van der Waals surface area contributed by atoms with Crippen LogP contribution in [0.5, 0.6) is 0 Å². The van der Waals surface area contributed by atoms with E-state index >= 15 is 0 Å². The lowest BCUT2D eigenvalue weighted by Gasteiger charge is -2.26. The Morgan fingerprint density at radius 2 is 2.14 bits per heavy atom. The zero-order chi connectivity index (χ0) is 15.0. The van der Waals surface area contributed by atoms with E-state index in [0.717, 1.165) is 27.8 Å². The third-order valence-electron chi connectivity index (χ3n) is 4.01. The number of carboxylic acid groups (broad SMARTS) is 1. The van der Waals surface area contributed by atoms with Gasteiger partial charge in [-0.25, -0.2) is 4.79 Å². The lowest BCUT2D eigenvalue weighted by Crippen LogP contribution is -2.30. The molecule has 2 unspecified atom stereocenters. The number of aliphatic carboxylic acids is 1. The molecule has 0 spiro atoms. The molecule has 1 fully saturated rings. The molecule has 2 heterocycles. The van der Waals surface area contributed by atoms with E-state index in [4.69, 9.17) is 0 Å². The van der Waals surface area contributed by atoms with E-state index in [1.807, 2.05) is 18.2 Å². The van der Waals surface area contributed by atoms with Crippen molar-refractivity contribution >= 4 is 40.0 Å². The molecular weight excluding hydrogens is 383 g/mol. The number of halogens is 1. The van der Waals surface area contributed by atoms with E-state index in [2.05, 4.69) is 33.2 Å². The Hall–Kier alpha value is -1.41. The highest BCUT2D eigenvalue weighted by molar-refractivity contribution is 14.1. The lowest BCUT2D eigenvalue weighted by atomic mass is 9.80. The topological polar surface area (TPSA) is 78.4 Å². The average molecular weight is 398 g/mol. The van der Waals surface area contributed by atoms with Crippen LogP contribution in [0.1, 0.15) is 17.9 Å². The summed E-state index contributed by atoms with van der Waals surface area (Å²) >= 11 is 2.17. The number of carbonyl (C=O) groups excluding carboxylic acids is 1. The van der Waals surface area contributed by atoms with Gasteiger partial charge >= 0.3 is 5.97 Å². The molecule has 1 saturated heterocycles. The molecule has 0 saturated carbocycles. The SMILES string of the molecule is O=C(O)C1=CNc2ccc(I)cc2C1C(=O)C1CCNC1. The number of anilines is 1. The quantitative estimate of drug-likeness (QED) is 0.679. The molecule has 0 bridgehead atoms. The molecule has 3 N–H and O–H groups in total. The zero-order valence-electron chi connectivity index (χ0n) is 11.2. The number of benzene rings is 1. The van der Waals surface area contributed by atoms with Gasteiger partial charge in [-0.3, -0.25) is 4.79 Å². The van der Waals surface area contributed by atoms with Crippen LogP contribution in [0.3, 0.4) is 0 Å². The molecule has 0 radical (unpaired) electrons. The van der Waals surface area contributed by atoms with Crippen LogP contribution in [0.25, 0.3) is 0 Å². The van der Waals surface area contributed by atoms with Gasteiger partial charge in [-0.1, -0.05) is 0 Å². The summed E-state index contributed by atoms with van der Waals surface area (Å²) in [5, 5.41) is 15.6. The Bertz CT molecular complexity index is 636. The summed E-state index contributed by atoms with van der Waals surface area (Å²) in [7, 11) is 0. The van der Waals surface area contributed by atoms with Gasteiger partial charge in [0.1, 0.15) is 5.78 Å². The minimum atomic E-state index is -1.05. The predicted octanol–water partition coefficient (Wildman–Crippen LogP) is 1.95. The molecule has 2 aliphatic heterocycles. The third kappa shape index (κ3) is 2.69. The van der Waals surface area contributed by atoms with E-state index in [1.165, 1.54) is 6.20 Å². The Morgan fingerprint density at radius 3 is 2.81 bits per heavy atom. The van der Waals surface area contributed by atoms with E-state index in [1.54, 1.807) is 0 Å². The number of rotatable bonds is 3. The van der Waals surface area contributed by atoms with Crippen molar-refractivity contribution in [2.75, 3.05) is 18.4 Å². The van der Waals surface area contributed by atoms with Crippen molar-refractivity contribution in [3.63, 3.8) is 0 Å². The predicted molar refractivity (Wildman–Crippen MR) is 87.2 cm³/mol. The highest BCUT2D eigenvalue weighted by Crippen LogP contribution is 2.38. The molecule has 2 aliphatic rings. The molecule has 0 aromatic heterocycles. The fraction of sp³-hybridized carbons (Fsp3) is 0.333. The van der Waals surface area contributed by atoms with Crippen LogP contribution in [0.2, 0.25) is 0 Å². The Labute approximate surface area is 135 Å². The fourth-order valence-corrected chi connectivity index (χ4v) is 3.45. The largest absolute Gasteiger partial charge is 0.478 e. The summed E-state index contributed by atoms with van der Waals surface area (Å²) in [4.78, 5) is 24.3. The van der Waals surface area contributed by atoms with Gasteiger partial charge in [-0.2, -0.15) is 0 Å². The number of fused-ring (bicyclic) bond motifs is 1. The maximum absolute atomic E-state index is 12.8. The lowest BCUT2D eigenvalue weighted by molar-refractivity contribution is -0.134. The summed E-state index contributed by atoms with van der Waals surface area (Å²) in [5.74, 6) is -1.84. The van der Waals surface area contributed by atoms with E-state index in [0.29, 0.717) is 6.54 Å². The monoisotopic (exact) mass is 398 g/mol. The van der Waals surface area contributed by atoms with E-state index in [-0.39, 0.29) is 17.3 Å². The van der Waals surface area contributed by atoms with Crippen LogP contribution >= 0.6 is 22.6 Å². The Morgan fingerprint density at radius 1 is 1.33 bits per heavy atom. The van der Waals surface area contributed by atoms with Crippen LogP contribution in [-0.4, -0.2) is 29.9 Å². The van der Waals surface area contributed by atoms with Gasteiger partial charge in [-0.15, -0.1) is 0 Å². The molecule has 2 atom stereocenters. The second kappa shape index (κ2) is 5.76. The average Bonchev–Trinajstić information content (AvgIpc) is 2.99. The number of nitrogens with one attached hydrogen (secondary N) is 2. The van der Waals surface area contributed by atoms with Crippen LogP contribution in [-0.2, 0) is 9.59 Å². The number of ketones is 1. The zero-order valence-corrected chi connectivity index (χ0v) is 13.4. The van der Waals surface area contributed by atoms with Crippen molar-refractivity contribution in [1.29, 1.82) is 0 Å². The molecule has 1 aromatic carbocycles. The summed E-state index contributed by atoms with van der Waals surface area (Å²) in [6.45, 7) is 1.45. The van der Waals surface area contributed by atoms with Crippen molar-refractivity contribution < 1.29 is 14.7 Å². The van der Waals surface area contributed by atoms with Gasteiger partial charge in [0.15, 0.2) is 0 Å². The van der Waals surface area contributed by atoms with E-state index in [9.17, 15) is 14.7 Å². The molecule has 5 nitrogen and oxygen atoms in total. The maximum Gasteiger partial charge on any atom is 0.334 e. The smallest absolute Gasteiger partial charge is 0.334 e. The maximum atomic E-state index is 12.8. The van der Waals surface area contributed by atoms with Gasteiger partial charge in [0, 0.05) is 27.9 Å². The second-order valence-corrected chi connectivity index (χ2v) is 6.55. The molecule has 6 heteroatoms. The molecule has 1 aromatic rings. The van der Waals surface area contributed by atoms with E-state index < -0.39 is 11.9 Å². The van der Waals surface area contributed by atoms with Gasteiger partial charge in [0.25, 0.3) is 0 Å². The van der Waals surface area contributed by atoms with Gasteiger partial charge in [0.2, 0.25) is 0 Å². The molecule has 110 valence electrons. The molecule has 0 amide bonds. The van der Waals surface area contributed by atoms with Crippen molar-refractivity contribution in [2.24, 2.45) is 5.92 Å². The molecule has 3 rings (SSSR count). The first-order chi connectivity index (χ1) is 10.1. The van der Waals surface area contributed by atoms with Crippen LogP contribution in [0, 0.1) is 9.49 Å². The van der Waals surface area contributed by atoms with Crippen molar-refractivity contribution in [3.8, 4) is 0 Å². The first-order valence-corrected chi connectivity index (χ1v) is 7.89. The summed E-state index contributed by atoms with van der Waals surface area (Å²) in [5.41, 5.74) is 1.70. The first-order valence-electron chi connectivity index (χ1n) is 6.81. The highest BCUT2D eigenvalue weighted by atomic mass is 127. The minimum Gasteiger partial charge on any atom is -0.478 e. The number of Topliss-reactive ketones (excluding diaryl/α,β-unsaturated/α-hetero) is 1. The van der Waals surface area contributed by atoms with Gasteiger partial charge in [-0.05, 0) is 59.3 Å².